The summed E-state index contributed by atoms with van der Waals surface area (Å²) in [5, 5.41) is 8.70. The molecule has 104 valence electrons. The van der Waals surface area contributed by atoms with Crippen LogP contribution < -0.4 is 4.74 Å². The lowest BCUT2D eigenvalue weighted by Crippen LogP contribution is -2.08. The second kappa shape index (κ2) is 6.78. The van der Waals surface area contributed by atoms with Gasteiger partial charge in [0.2, 0.25) is 0 Å². The van der Waals surface area contributed by atoms with E-state index >= 15 is 0 Å². The van der Waals surface area contributed by atoms with Gasteiger partial charge in [0.15, 0.2) is 0 Å². The molecule has 1 aromatic carbocycles. The molecule has 0 amide bonds. The predicted octanol–water partition coefficient (Wildman–Crippen LogP) is 1.92. The van der Waals surface area contributed by atoms with Crippen molar-refractivity contribution in [3.8, 4) is 17.6 Å². The Balaban J connectivity index is 1.94. The molecule has 0 saturated heterocycles. The van der Waals surface area contributed by atoms with Crippen molar-refractivity contribution >= 4 is 0 Å². The fourth-order valence-electron chi connectivity index (χ4n) is 1.90. The van der Waals surface area contributed by atoms with E-state index in [2.05, 4.69) is 16.8 Å². The van der Waals surface area contributed by atoms with Gasteiger partial charge in [-0.2, -0.15) is 0 Å². The van der Waals surface area contributed by atoms with E-state index in [1.807, 2.05) is 42.8 Å². The van der Waals surface area contributed by atoms with Crippen LogP contribution in [0.1, 0.15) is 17.0 Å². The normalized spacial score (nSPS) is 9.95. The van der Waals surface area contributed by atoms with Gasteiger partial charge in [-0.15, -0.1) is 0 Å². The van der Waals surface area contributed by atoms with Gasteiger partial charge in [0.05, 0.1) is 6.54 Å². The number of nitrogens with zero attached hydrogens (tertiary/aromatic N) is 2. The molecule has 1 aromatic heterocycles. The molecule has 0 unspecified atom stereocenters. The molecule has 1 heterocycles. The molecule has 2 rings (SSSR count). The van der Waals surface area contributed by atoms with Crippen molar-refractivity contribution in [2.75, 3.05) is 13.2 Å². The van der Waals surface area contributed by atoms with Gasteiger partial charge in [-0.3, -0.25) is 0 Å². The highest BCUT2D eigenvalue weighted by atomic mass is 16.5. The Kier molecular flexibility index (Phi) is 4.80. The molecule has 0 saturated carbocycles. The molecule has 0 atom stereocenters. The topological polar surface area (TPSA) is 47.3 Å². The average Bonchev–Trinajstić information content (AvgIpc) is 2.84. The van der Waals surface area contributed by atoms with Crippen molar-refractivity contribution in [3.63, 3.8) is 0 Å². The van der Waals surface area contributed by atoms with Crippen molar-refractivity contribution in [3.05, 3.63) is 47.5 Å². The molecule has 0 radical (unpaired) electrons. The summed E-state index contributed by atoms with van der Waals surface area (Å²) >= 11 is 0. The van der Waals surface area contributed by atoms with E-state index in [4.69, 9.17) is 9.84 Å². The number of aryl methyl sites for hydroxylation is 2. The highest BCUT2D eigenvalue weighted by Gasteiger charge is 2.00. The fraction of sp³-hybridized carbons (Fsp3) is 0.312. The largest absolute Gasteiger partial charge is 0.492 e. The first-order valence-electron chi connectivity index (χ1n) is 6.51. The lowest BCUT2D eigenvalue weighted by molar-refractivity contribution is 0.297. The van der Waals surface area contributed by atoms with Gasteiger partial charge in [-0.05, 0) is 37.6 Å². The van der Waals surface area contributed by atoms with Crippen LogP contribution in [0.15, 0.2) is 30.6 Å². The lowest BCUT2D eigenvalue weighted by atomic mass is 10.1. The molecule has 1 N–H and O–H groups in total. The van der Waals surface area contributed by atoms with Crippen molar-refractivity contribution in [1.82, 2.24) is 9.55 Å². The summed E-state index contributed by atoms with van der Waals surface area (Å²) in [5.74, 6) is 7.37. The quantitative estimate of drug-likeness (QED) is 0.863. The van der Waals surface area contributed by atoms with Crippen LogP contribution in [-0.2, 0) is 6.54 Å². The van der Waals surface area contributed by atoms with E-state index in [0.717, 1.165) is 29.2 Å². The molecule has 0 aliphatic carbocycles. The summed E-state index contributed by atoms with van der Waals surface area (Å²) in [4.78, 5) is 4.17. The molecule has 20 heavy (non-hydrogen) atoms. The van der Waals surface area contributed by atoms with E-state index in [-0.39, 0.29) is 6.61 Å². The van der Waals surface area contributed by atoms with Crippen LogP contribution in [0.5, 0.6) is 5.75 Å². The Labute approximate surface area is 119 Å². The minimum absolute atomic E-state index is 0.123. The third-order valence-electron chi connectivity index (χ3n) is 3.02. The van der Waals surface area contributed by atoms with Gasteiger partial charge in [0.1, 0.15) is 24.8 Å². The second-order valence-corrected chi connectivity index (χ2v) is 4.45. The summed E-state index contributed by atoms with van der Waals surface area (Å²) in [6, 6.07) is 5.77. The number of imidazole rings is 1. The van der Waals surface area contributed by atoms with Crippen LogP contribution in [0.4, 0.5) is 0 Å². The first-order chi connectivity index (χ1) is 9.70. The number of ether oxygens (including phenoxy) is 1. The van der Waals surface area contributed by atoms with Crippen molar-refractivity contribution in [2.45, 2.75) is 20.4 Å². The molecule has 0 aliphatic rings. The van der Waals surface area contributed by atoms with Gasteiger partial charge in [0, 0.05) is 18.0 Å². The zero-order valence-corrected chi connectivity index (χ0v) is 11.8. The predicted molar refractivity (Wildman–Crippen MR) is 77.6 cm³/mol. The Morgan fingerprint density at radius 2 is 2.20 bits per heavy atom. The van der Waals surface area contributed by atoms with Gasteiger partial charge >= 0.3 is 0 Å². The van der Waals surface area contributed by atoms with Crippen LogP contribution in [-0.4, -0.2) is 27.9 Å². The molecule has 4 nitrogen and oxygen atoms in total. The summed E-state index contributed by atoms with van der Waals surface area (Å²) < 4.78 is 7.78. The van der Waals surface area contributed by atoms with Crippen LogP contribution in [0.3, 0.4) is 0 Å². The molecule has 0 bridgehead atoms. The highest BCUT2D eigenvalue weighted by Crippen LogP contribution is 2.16. The van der Waals surface area contributed by atoms with Gasteiger partial charge in [-0.25, -0.2) is 4.98 Å². The number of aromatic nitrogens is 2. The second-order valence-electron chi connectivity index (χ2n) is 4.45. The van der Waals surface area contributed by atoms with Crippen molar-refractivity contribution in [2.24, 2.45) is 0 Å². The number of benzene rings is 1. The Morgan fingerprint density at radius 3 is 2.85 bits per heavy atom. The SMILES string of the molecule is Cc1cc(OCCn2ccnc2C)ccc1C#CCO. The number of rotatable bonds is 4. The zero-order valence-electron chi connectivity index (χ0n) is 11.8. The third-order valence-corrected chi connectivity index (χ3v) is 3.02. The Bertz CT molecular complexity index is 635. The van der Waals surface area contributed by atoms with Gasteiger partial charge < -0.3 is 14.4 Å². The maximum atomic E-state index is 8.70. The highest BCUT2D eigenvalue weighted by molar-refractivity contribution is 5.44. The first kappa shape index (κ1) is 14.2. The lowest BCUT2D eigenvalue weighted by Gasteiger charge is -2.09. The molecule has 2 aromatic rings. The van der Waals surface area contributed by atoms with E-state index in [0.29, 0.717) is 6.61 Å². The number of aliphatic hydroxyl groups is 1. The molecular formula is C16H18N2O2. The van der Waals surface area contributed by atoms with Crippen LogP contribution in [0.2, 0.25) is 0 Å². The van der Waals surface area contributed by atoms with Crippen molar-refractivity contribution < 1.29 is 9.84 Å². The van der Waals surface area contributed by atoms with Crippen LogP contribution in [0.25, 0.3) is 0 Å². The molecule has 0 aliphatic heterocycles. The van der Waals surface area contributed by atoms with Gasteiger partial charge in [-0.1, -0.05) is 11.8 Å². The summed E-state index contributed by atoms with van der Waals surface area (Å²) in [5.41, 5.74) is 1.96. The van der Waals surface area contributed by atoms with Crippen LogP contribution in [0, 0.1) is 25.7 Å². The molecule has 0 fully saturated rings. The maximum Gasteiger partial charge on any atom is 0.119 e. The summed E-state index contributed by atoms with van der Waals surface area (Å²) in [6.07, 6.45) is 3.73. The van der Waals surface area contributed by atoms with E-state index in [1.54, 1.807) is 6.20 Å². The minimum Gasteiger partial charge on any atom is -0.492 e. The first-order valence-corrected chi connectivity index (χ1v) is 6.51. The van der Waals surface area contributed by atoms with Gasteiger partial charge in [0.25, 0.3) is 0 Å². The Hall–Kier alpha value is -2.25. The third kappa shape index (κ3) is 3.62. The molecule has 0 spiro atoms. The maximum absolute atomic E-state index is 8.70. The molecular weight excluding hydrogens is 252 g/mol. The van der Waals surface area contributed by atoms with E-state index in [9.17, 15) is 0 Å². The van der Waals surface area contributed by atoms with Crippen LogP contribution >= 0.6 is 0 Å². The Morgan fingerprint density at radius 1 is 1.35 bits per heavy atom. The smallest absolute Gasteiger partial charge is 0.119 e. The minimum atomic E-state index is -0.123. The summed E-state index contributed by atoms with van der Waals surface area (Å²) in [6.45, 7) is 5.20. The monoisotopic (exact) mass is 270 g/mol. The summed E-state index contributed by atoms with van der Waals surface area (Å²) in [7, 11) is 0. The van der Waals surface area contributed by atoms with E-state index in [1.165, 1.54) is 0 Å². The van der Waals surface area contributed by atoms with Crippen molar-refractivity contribution in [1.29, 1.82) is 0 Å². The number of hydrogen-bond acceptors (Lipinski definition) is 3. The van der Waals surface area contributed by atoms with E-state index < -0.39 is 0 Å². The number of aliphatic hydroxyl groups excluding tert-OH is 1. The average molecular weight is 270 g/mol. The standard InChI is InChI=1S/C16H18N2O2/c1-13-12-16(6-5-15(13)4-3-10-19)20-11-9-18-8-7-17-14(18)2/h5-8,12,19H,9-11H2,1-2H3. The fourth-order valence-corrected chi connectivity index (χ4v) is 1.90. The number of hydrogen-bond donors (Lipinski definition) is 1. The molecule has 4 heteroatoms. The zero-order chi connectivity index (χ0) is 14.4.